The van der Waals surface area contributed by atoms with E-state index in [0.717, 1.165) is 5.56 Å². The van der Waals surface area contributed by atoms with E-state index in [1.807, 2.05) is 23.1 Å². The Hall–Kier alpha value is -2.33. The molecule has 1 aliphatic rings. The zero-order chi connectivity index (χ0) is 16.2. The molecule has 0 saturated carbocycles. The highest BCUT2D eigenvalue weighted by molar-refractivity contribution is 5.94. The molecule has 120 valence electrons. The van der Waals surface area contributed by atoms with Crippen LogP contribution in [-0.2, 0) is 4.74 Å². The number of methoxy groups -OCH3 is 1. The van der Waals surface area contributed by atoms with E-state index in [1.165, 1.54) is 5.56 Å². The van der Waals surface area contributed by atoms with Crippen LogP contribution in [0.5, 0.6) is 5.75 Å². The molecule has 23 heavy (non-hydrogen) atoms. The first-order valence-electron chi connectivity index (χ1n) is 7.79. The second-order valence-corrected chi connectivity index (χ2v) is 5.75. The van der Waals surface area contributed by atoms with Crippen LogP contribution in [0.4, 0.5) is 0 Å². The highest BCUT2D eigenvalue weighted by Gasteiger charge is 2.26. The zero-order valence-corrected chi connectivity index (χ0v) is 13.5. The molecule has 0 bridgehead atoms. The van der Waals surface area contributed by atoms with Gasteiger partial charge in [-0.15, -0.1) is 0 Å². The van der Waals surface area contributed by atoms with Crippen LogP contribution in [0.3, 0.4) is 0 Å². The number of hydrogen-bond acceptors (Lipinski definition) is 3. The maximum absolute atomic E-state index is 12.7. The predicted molar refractivity (Wildman–Crippen MR) is 88.8 cm³/mol. The molecule has 2 aromatic rings. The van der Waals surface area contributed by atoms with Crippen molar-refractivity contribution in [2.24, 2.45) is 0 Å². The lowest BCUT2D eigenvalue weighted by Gasteiger charge is -2.33. The second kappa shape index (κ2) is 6.84. The topological polar surface area (TPSA) is 38.8 Å². The lowest BCUT2D eigenvalue weighted by atomic mass is 10.1. The molecular formula is C19H21NO3. The van der Waals surface area contributed by atoms with Crippen LogP contribution in [-0.4, -0.2) is 37.6 Å². The number of hydrogen-bond donors (Lipinski definition) is 0. The summed E-state index contributed by atoms with van der Waals surface area (Å²) < 4.78 is 11.0. The molecule has 1 heterocycles. The van der Waals surface area contributed by atoms with Crippen LogP contribution in [0.1, 0.15) is 27.6 Å². The summed E-state index contributed by atoms with van der Waals surface area (Å²) in [6, 6.07) is 15.6. The number of rotatable bonds is 3. The molecule has 3 rings (SSSR count). The van der Waals surface area contributed by atoms with Gasteiger partial charge in [0.25, 0.3) is 5.91 Å². The van der Waals surface area contributed by atoms with E-state index in [4.69, 9.17) is 9.47 Å². The molecule has 1 atom stereocenters. The Bertz CT molecular complexity index is 681. The first kappa shape index (κ1) is 15.6. The molecule has 1 aliphatic heterocycles. The number of aryl methyl sites for hydroxylation is 1. The van der Waals surface area contributed by atoms with Crippen molar-refractivity contribution < 1.29 is 14.3 Å². The van der Waals surface area contributed by atoms with Gasteiger partial charge in [-0.25, -0.2) is 0 Å². The average molecular weight is 311 g/mol. The van der Waals surface area contributed by atoms with E-state index >= 15 is 0 Å². The van der Waals surface area contributed by atoms with Crippen LogP contribution in [0.2, 0.25) is 0 Å². The number of amides is 1. The molecule has 2 aromatic carbocycles. The second-order valence-electron chi connectivity index (χ2n) is 5.75. The molecule has 1 amide bonds. The number of morpholine rings is 1. The highest BCUT2D eigenvalue weighted by Crippen LogP contribution is 2.24. The molecule has 0 aliphatic carbocycles. The maximum atomic E-state index is 12.7. The molecule has 0 spiro atoms. The number of carbonyl (C=O) groups excluding carboxylic acids is 1. The van der Waals surface area contributed by atoms with Gasteiger partial charge in [-0.2, -0.15) is 0 Å². The minimum absolute atomic E-state index is 0.0179. The molecular weight excluding hydrogens is 290 g/mol. The SMILES string of the molecule is COc1cccc(C(=O)N2CCOC(c3ccc(C)cc3)C2)c1. The quantitative estimate of drug-likeness (QED) is 0.873. The Morgan fingerprint density at radius 3 is 2.74 bits per heavy atom. The first-order chi connectivity index (χ1) is 11.2. The lowest BCUT2D eigenvalue weighted by molar-refractivity contribution is -0.0228. The third-order valence-electron chi connectivity index (χ3n) is 4.12. The maximum Gasteiger partial charge on any atom is 0.254 e. The minimum atomic E-state index is -0.0705. The van der Waals surface area contributed by atoms with Crippen molar-refractivity contribution in [2.75, 3.05) is 26.8 Å². The van der Waals surface area contributed by atoms with Crippen LogP contribution in [0, 0.1) is 6.92 Å². The molecule has 1 saturated heterocycles. The van der Waals surface area contributed by atoms with Gasteiger partial charge in [0, 0.05) is 12.1 Å². The van der Waals surface area contributed by atoms with Crippen molar-refractivity contribution in [3.8, 4) is 5.75 Å². The first-order valence-corrected chi connectivity index (χ1v) is 7.79. The largest absolute Gasteiger partial charge is 0.497 e. The third-order valence-corrected chi connectivity index (χ3v) is 4.12. The van der Waals surface area contributed by atoms with Crippen molar-refractivity contribution in [3.63, 3.8) is 0 Å². The summed E-state index contributed by atoms with van der Waals surface area (Å²) in [4.78, 5) is 14.6. The smallest absolute Gasteiger partial charge is 0.254 e. The summed E-state index contributed by atoms with van der Waals surface area (Å²) in [5, 5.41) is 0. The Kier molecular flexibility index (Phi) is 4.63. The van der Waals surface area contributed by atoms with E-state index in [2.05, 4.69) is 31.2 Å². The van der Waals surface area contributed by atoms with Crippen LogP contribution in [0.25, 0.3) is 0 Å². The van der Waals surface area contributed by atoms with Crippen molar-refractivity contribution in [3.05, 3.63) is 65.2 Å². The minimum Gasteiger partial charge on any atom is -0.497 e. The Labute approximate surface area is 136 Å². The zero-order valence-electron chi connectivity index (χ0n) is 13.5. The van der Waals surface area contributed by atoms with Crippen LogP contribution < -0.4 is 4.74 Å². The van der Waals surface area contributed by atoms with E-state index in [-0.39, 0.29) is 12.0 Å². The average Bonchev–Trinajstić information content (AvgIpc) is 2.62. The summed E-state index contributed by atoms with van der Waals surface area (Å²) >= 11 is 0. The van der Waals surface area contributed by atoms with Crippen LogP contribution in [0.15, 0.2) is 48.5 Å². The summed E-state index contributed by atoms with van der Waals surface area (Å²) in [5.74, 6) is 0.712. The summed E-state index contributed by atoms with van der Waals surface area (Å²) in [6.07, 6.45) is -0.0705. The van der Waals surface area contributed by atoms with Gasteiger partial charge in [0.05, 0.1) is 20.3 Å². The molecule has 0 radical (unpaired) electrons. The molecule has 0 N–H and O–H groups in total. The fourth-order valence-corrected chi connectivity index (χ4v) is 2.76. The molecule has 4 nitrogen and oxygen atoms in total. The van der Waals surface area contributed by atoms with Crippen molar-refractivity contribution >= 4 is 5.91 Å². The fourth-order valence-electron chi connectivity index (χ4n) is 2.76. The summed E-state index contributed by atoms with van der Waals surface area (Å²) in [6.45, 7) is 3.79. The Morgan fingerprint density at radius 1 is 1.22 bits per heavy atom. The molecule has 1 unspecified atom stereocenters. The van der Waals surface area contributed by atoms with Gasteiger partial charge in [-0.1, -0.05) is 35.9 Å². The summed E-state index contributed by atoms with van der Waals surface area (Å²) in [5.41, 5.74) is 2.97. The Morgan fingerprint density at radius 2 is 2.00 bits per heavy atom. The number of nitrogens with zero attached hydrogens (tertiary/aromatic N) is 1. The highest BCUT2D eigenvalue weighted by atomic mass is 16.5. The molecule has 0 aromatic heterocycles. The van der Waals surface area contributed by atoms with Gasteiger partial charge in [0.15, 0.2) is 0 Å². The van der Waals surface area contributed by atoms with Gasteiger partial charge in [-0.05, 0) is 30.7 Å². The normalized spacial score (nSPS) is 17.8. The van der Waals surface area contributed by atoms with Crippen molar-refractivity contribution in [1.82, 2.24) is 4.90 Å². The fraction of sp³-hybridized carbons (Fsp3) is 0.316. The van der Waals surface area contributed by atoms with Gasteiger partial charge in [0.2, 0.25) is 0 Å². The van der Waals surface area contributed by atoms with Gasteiger partial charge in [0.1, 0.15) is 11.9 Å². The van der Waals surface area contributed by atoms with Gasteiger partial charge < -0.3 is 14.4 Å². The van der Waals surface area contributed by atoms with Crippen LogP contribution >= 0.6 is 0 Å². The van der Waals surface area contributed by atoms with Crippen molar-refractivity contribution in [1.29, 1.82) is 0 Å². The number of benzene rings is 2. The third kappa shape index (κ3) is 3.54. The molecule has 4 heteroatoms. The van der Waals surface area contributed by atoms with E-state index in [0.29, 0.717) is 31.0 Å². The predicted octanol–water partition coefficient (Wildman–Crippen LogP) is 3.22. The van der Waals surface area contributed by atoms with E-state index < -0.39 is 0 Å². The number of ether oxygens (including phenoxy) is 2. The van der Waals surface area contributed by atoms with Gasteiger partial charge in [-0.3, -0.25) is 4.79 Å². The van der Waals surface area contributed by atoms with E-state index in [1.54, 1.807) is 13.2 Å². The van der Waals surface area contributed by atoms with Gasteiger partial charge >= 0.3 is 0 Å². The number of carbonyl (C=O) groups is 1. The lowest BCUT2D eigenvalue weighted by Crippen LogP contribution is -2.42. The molecule has 1 fully saturated rings. The monoisotopic (exact) mass is 311 g/mol. The van der Waals surface area contributed by atoms with Crippen molar-refractivity contribution in [2.45, 2.75) is 13.0 Å². The summed E-state index contributed by atoms with van der Waals surface area (Å²) in [7, 11) is 1.60. The Balaban J connectivity index is 1.75. The van der Waals surface area contributed by atoms with E-state index in [9.17, 15) is 4.79 Å². The standard InChI is InChI=1S/C19H21NO3/c1-14-6-8-15(9-7-14)18-13-20(10-11-23-18)19(21)16-4-3-5-17(12-16)22-2/h3-9,12,18H,10-11,13H2,1-2H3.